The van der Waals surface area contributed by atoms with Gasteiger partial charge in [0.25, 0.3) is 5.91 Å². The van der Waals surface area contributed by atoms with E-state index in [1.165, 1.54) is 5.57 Å². The first-order chi connectivity index (χ1) is 14.5. The Labute approximate surface area is 178 Å². The Hall–Kier alpha value is -2.73. The van der Waals surface area contributed by atoms with E-state index in [9.17, 15) is 9.90 Å². The van der Waals surface area contributed by atoms with Crippen molar-refractivity contribution in [1.29, 1.82) is 0 Å². The normalized spacial score (nSPS) is 21.3. The molecule has 2 heterocycles. The van der Waals surface area contributed by atoms with E-state index < -0.39 is 6.10 Å². The first kappa shape index (κ1) is 22.0. The molecule has 0 aromatic carbocycles. The van der Waals surface area contributed by atoms with Crippen LogP contribution in [0.1, 0.15) is 59.4 Å². The summed E-state index contributed by atoms with van der Waals surface area (Å²) in [5.41, 5.74) is 5.76. The summed E-state index contributed by atoms with van der Waals surface area (Å²) in [6.07, 6.45) is 14.5. The van der Waals surface area contributed by atoms with Crippen LogP contribution in [0.2, 0.25) is 0 Å². The summed E-state index contributed by atoms with van der Waals surface area (Å²) in [4.78, 5) is 21.8. The highest BCUT2D eigenvalue weighted by Crippen LogP contribution is 2.22. The van der Waals surface area contributed by atoms with Gasteiger partial charge in [0.05, 0.1) is 12.1 Å². The zero-order chi connectivity index (χ0) is 21.5. The number of rotatable bonds is 7. The van der Waals surface area contributed by atoms with E-state index in [4.69, 9.17) is 0 Å². The van der Waals surface area contributed by atoms with Crippen molar-refractivity contribution in [2.24, 2.45) is 4.99 Å². The Morgan fingerprint density at radius 3 is 2.87 bits per heavy atom. The molecule has 0 unspecified atom stereocenters. The van der Waals surface area contributed by atoms with E-state index in [1.54, 1.807) is 0 Å². The van der Waals surface area contributed by atoms with Gasteiger partial charge in [-0.2, -0.15) is 0 Å². The van der Waals surface area contributed by atoms with E-state index in [-0.39, 0.29) is 11.9 Å². The Kier molecular flexibility index (Phi) is 7.57. The Morgan fingerprint density at radius 1 is 1.30 bits per heavy atom. The number of nitrogens with one attached hydrogen (secondary N) is 2. The quantitative estimate of drug-likeness (QED) is 0.646. The maximum Gasteiger partial charge on any atom is 0.270 e. The van der Waals surface area contributed by atoms with Crippen molar-refractivity contribution in [3.05, 3.63) is 64.3 Å². The van der Waals surface area contributed by atoms with Gasteiger partial charge in [-0.05, 0) is 69.0 Å². The van der Waals surface area contributed by atoms with Crippen molar-refractivity contribution in [2.45, 2.75) is 64.5 Å². The number of aliphatic hydroxyl groups excluding tert-OH is 1. The first-order valence-electron chi connectivity index (χ1n) is 10.7. The number of aryl methyl sites for hydroxylation is 1. The van der Waals surface area contributed by atoms with Gasteiger partial charge in [-0.15, -0.1) is 0 Å². The van der Waals surface area contributed by atoms with E-state index in [2.05, 4.69) is 39.7 Å². The molecular weight excluding hydrogens is 376 g/mol. The summed E-state index contributed by atoms with van der Waals surface area (Å²) in [6, 6.07) is 1.72. The minimum atomic E-state index is -0.459. The molecule has 6 heteroatoms. The van der Waals surface area contributed by atoms with Crippen molar-refractivity contribution in [2.75, 3.05) is 7.05 Å². The van der Waals surface area contributed by atoms with Gasteiger partial charge in [0.2, 0.25) is 0 Å². The molecule has 3 rings (SSSR count). The highest BCUT2D eigenvalue weighted by atomic mass is 16.3. The monoisotopic (exact) mass is 408 g/mol. The van der Waals surface area contributed by atoms with Crippen LogP contribution in [0.25, 0.3) is 0 Å². The lowest BCUT2D eigenvalue weighted by atomic mass is 9.97. The molecule has 1 aliphatic heterocycles. The lowest BCUT2D eigenvalue weighted by Gasteiger charge is -2.17. The summed E-state index contributed by atoms with van der Waals surface area (Å²) < 4.78 is 0. The number of aliphatic imine (C=N–C) groups is 1. The predicted octanol–water partition coefficient (Wildman–Crippen LogP) is 3.29. The molecule has 1 aromatic heterocycles. The molecule has 0 saturated heterocycles. The minimum Gasteiger partial charge on any atom is -0.394 e. The van der Waals surface area contributed by atoms with Crippen molar-refractivity contribution in [1.82, 2.24) is 15.6 Å². The van der Waals surface area contributed by atoms with Gasteiger partial charge in [-0.25, -0.2) is 4.98 Å². The molecular formula is C24H32N4O2. The van der Waals surface area contributed by atoms with Crippen LogP contribution in [0.4, 0.5) is 0 Å². The molecule has 2 atom stereocenters. The molecule has 1 fully saturated rings. The third kappa shape index (κ3) is 5.66. The standard InChI is InChI=1S/C24H32N4O2/c1-16-17(2)27-22(24(30)28-21-7-4-8-23(21)29)15-19(16)14-18-9-10-20(26-13-11-18)6-5-12-25-3/h5,9-10,12-13,15,21,23,25,29H,4,6-8,11,14H2,1-3H3,(H,28,30)/b12-5-/t21-,23-/m0/s1. The van der Waals surface area contributed by atoms with Gasteiger partial charge in [0.15, 0.2) is 0 Å². The average Bonchev–Trinajstić information content (AvgIpc) is 2.99. The SMILES string of the molecule is CN/C=C\CC1=CC=C(Cc2cc(C(=O)N[C@H]3CCC[C@@H]3O)nc(C)c2C)CC=N1. The highest BCUT2D eigenvalue weighted by molar-refractivity contribution is 5.93. The van der Waals surface area contributed by atoms with Crippen LogP contribution in [0.3, 0.4) is 0 Å². The molecule has 6 nitrogen and oxygen atoms in total. The Morgan fingerprint density at radius 2 is 2.13 bits per heavy atom. The largest absolute Gasteiger partial charge is 0.394 e. The lowest BCUT2D eigenvalue weighted by molar-refractivity contribution is 0.0868. The second kappa shape index (κ2) is 10.3. The maximum absolute atomic E-state index is 12.7. The Bertz CT molecular complexity index is 899. The van der Waals surface area contributed by atoms with Crippen LogP contribution in [0, 0.1) is 13.8 Å². The van der Waals surface area contributed by atoms with Crippen LogP contribution in [-0.4, -0.2) is 41.4 Å². The molecule has 30 heavy (non-hydrogen) atoms. The van der Waals surface area contributed by atoms with Crippen LogP contribution < -0.4 is 10.6 Å². The zero-order valence-electron chi connectivity index (χ0n) is 18.1. The summed E-state index contributed by atoms with van der Waals surface area (Å²) in [5, 5.41) is 15.9. The number of carbonyl (C=O) groups is 1. The summed E-state index contributed by atoms with van der Waals surface area (Å²) >= 11 is 0. The first-order valence-corrected chi connectivity index (χ1v) is 10.7. The number of hydrogen-bond acceptors (Lipinski definition) is 5. The number of amides is 1. The Balaban J connectivity index is 1.75. The molecule has 1 saturated carbocycles. The van der Waals surface area contributed by atoms with Crippen LogP contribution in [0.15, 0.2) is 46.8 Å². The van der Waals surface area contributed by atoms with Crippen LogP contribution >= 0.6 is 0 Å². The van der Waals surface area contributed by atoms with Crippen molar-refractivity contribution >= 4 is 12.1 Å². The third-order valence-electron chi connectivity index (χ3n) is 5.80. The molecule has 0 radical (unpaired) electrons. The van der Waals surface area contributed by atoms with Crippen LogP contribution in [0.5, 0.6) is 0 Å². The summed E-state index contributed by atoms with van der Waals surface area (Å²) in [7, 11) is 1.88. The van der Waals surface area contributed by atoms with E-state index in [1.807, 2.05) is 38.5 Å². The van der Waals surface area contributed by atoms with Gasteiger partial charge < -0.3 is 15.7 Å². The topological polar surface area (TPSA) is 86.6 Å². The van der Waals surface area contributed by atoms with Gasteiger partial charge in [-0.1, -0.05) is 17.7 Å². The van der Waals surface area contributed by atoms with Crippen molar-refractivity contribution in [3.8, 4) is 0 Å². The molecule has 160 valence electrons. The van der Waals surface area contributed by atoms with Crippen molar-refractivity contribution in [3.63, 3.8) is 0 Å². The maximum atomic E-state index is 12.7. The smallest absolute Gasteiger partial charge is 0.270 e. The van der Waals surface area contributed by atoms with Gasteiger partial charge in [0.1, 0.15) is 5.69 Å². The number of aliphatic hydroxyl groups is 1. The third-order valence-corrected chi connectivity index (χ3v) is 5.80. The number of carbonyl (C=O) groups excluding carboxylic acids is 1. The summed E-state index contributed by atoms with van der Waals surface area (Å²) in [6.45, 7) is 3.99. The second-order valence-corrected chi connectivity index (χ2v) is 8.03. The van der Waals surface area contributed by atoms with Crippen molar-refractivity contribution < 1.29 is 9.90 Å². The zero-order valence-corrected chi connectivity index (χ0v) is 18.1. The fourth-order valence-electron chi connectivity index (χ4n) is 3.85. The number of allylic oxidation sites excluding steroid dienone is 4. The highest BCUT2D eigenvalue weighted by Gasteiger charge is 2.27. The minimum absolute atomic E-state index is 0.175. The van der Waals surface area contributed by atoms with E-state index in [0.717, 1.165) is 61.0 Å². The fourth-order valence-corrected chi connectivity index (χ4v) is 3.85. The van der Waals surface area contributed by atoms with Gasteiger partial charge in [0, 0.05) is 37.5 Å². The summed E-state index contributed by atoms with van der Waals surface area (Å²) in [5.74, 6) is -0.208. The molecule has 2 aliphatic rings. The number of pyridine rings is 1. The number of aromatic nitrogens is 1. The predicted molar refractivity (Wildman–Crippen MR) is 121 cm³/mol. The molecule has 0 spiro atoms. The second-order valence-electron chi connectivity index (χ2n) is 8.03. The molecule has 3 N–H and O–H groups in total. The lowest BCUT2D eigenvalue weighted by Crippen LogP contribution is -2.40. The molecule has 0 bridgehead atoms. The van der Waals surface area contributed by atoms with E-state index >= 15 is 0 Å². The fraction of sp³-hybridized carbons (Fsp3) is 0.458. The number of hydrogen-bond donors (Lipinski definition) is 3. The van der Waals surface area contributed by atoms with E-state index in [0.29, 0.717) is 5.69 Å². The average molecular weight is 409 g/mol. The molecule has 1 amide bonds. The molecule has 1 aliphatic carbocycles. The molecule has 1 aromatic rings. The van der Waals surface area contributed by atoms with Gasteiger partial charge in [-0.3, -0.25) is 9.79 Å². The van der Waals surface area contributed by atoms with Crippen LogP contribution in [-0.2, 0) is 6.42 Å². The number of nitrogens with zero attached hydrogens (tertiary/aromatic N) is 2. The van der Waals surface area contributed by atoms with Gasteiger partial charge >= 0.3 is 0 Å².